The third-order valence-electron chi connectivity index (χ3n) is 2.77. The summed E-state index contributed by atoms with van der Waals surface area (Å²) in [6, 6.07) is 1.45. The molecule has 1 fully saturated rings. The molecule has 2 rings (SSSR count). The van der Waals surface area contributed by atoms with Gasteiger partial charge in [0.15, 0.2) is 0 Å². The molecule has 5 heteroatoms. The van der Waals surface area contributed by atoms with Crippen molar-refractivity contribution in [2.24, 2.45) is 5.73 Å². The summed E-state index contributed by atoms with van der Waals surface area (Å²) in [5.41, 5.74) is 5.51. The van der Waals surface area contributed by atoms with Crippen molar-refractivity contribution in [1.82, 2.24) is 9.97 Å². The van der Waals surface area contributed by atoms with E-state index >= 15 is 0 Å². The van der Waals surface area contributed by atoms with E-state index in [4.69, 9.17) is 5.73 Å². The van der Waals surface area contributed by atoms with Crippen molar-refractivity contribution in [1.29, 1.82) is 0 Å². The Labute approximate surface area is 81.7 Å². The maximum atomic E-state index is 11.0. The van der Waals surface area contributed by atoms with Crippen LogP contribution in [0.15, 0.2) is 17.2 Å². The van der Waals surface area contributed by atoms with Gasteiger partial charge >= 0.3 is 0 Å². The zero-order valence-corrected chi connectivity index (χ0v) is 7.92. The number of hydrogen-bond acceptors (Lipinski definition) is 4. The second-order valence-electron chi connectivity index (χ2n) is 3.76. The highest BCUT2D eigenvalue weighted by atomic mass is 16.1. The summed E-state index contributed by atoms with van der Waals surface area (Å²) in [6.07, 6.45) is 4.69. The normalized spacial score (nSPS) is 18.6. The number of nitrogens with one attached hydrogen (secondary N) is 2. The van der Waals surface area contributed by atoms with Gasteiger partial charge in [-0.15, -0.1) is 0 Å². The Morgan fingerprint density at radius 3 is 2.93 bits per heavy atom. The Kier molecular flexibility index (Phi) is 2.25. The molecule has 0 bridgehead atoms. The largest absolute Gasteiger partial charge is 0.363 e. The molecule has 1 aliphatic carbocycles. The molecular formula is C9H14N4O. The summed E-state index contributed by atoms with van der Waals surface area (Å²) in [4.78, 5) is 17.5. The molecule has 1 heterocycles. The van der Waals surface area contributed by atoms with Crippen LogP contribution >= 0.6 is 0 Å². The standard InChI is InChI=1S/C9H14N4O/c10-5-9(2-1-3-9)13-7-4-8(14)12-6-11-7/h4,6H,1-3,5,10H2,(H2,11,12,13,14). The van der Waals surface area contributed by atoms with Gasteiger partial charge < -0.3 is 16.0 Å². The lowest BCUT2D eigenvalue weighted by molar-refractivity contribution is 0.286. The third kappa shape index (κ3) is 1.63. The minimum Gasteiger partial charge on any atom is -0.363 e. The van der Waals surface area contributed by atoms with Gasteiger partial charge in [0.2, 0.25) is 0 Å². The van der Waals surface area contributed by atoms with Gasteiger partial charge in [-0.2, -0.15) is 0 Å². The summed E-state index contributed by atoms with van der Waals surface area (Å²) < 4.78 is 0. The number of anilines is 1. The predicted molar refractivity (Wildman–Crippen MR) is 54.1 cm³/mol. The fraction of sp³-hybridized carbons (Fsp3) is 0.556. The van der Waals surface area contributed by atoms with E-state index in [0.29, 0.717) is 12.4 Å². The maximum absolute atomic E-state index is 11.0. The van der Waals surface area contributed by atoms with E-state index in [-0.39, 0.29) is 11.1 Å². The zero-order valence-electron chi connectivity index (χ0n) is 7.92. The Morgan fingerprint density at radius 2 is 2.43 bits per heavy atom. The molecular weight excluding hydrogens is 180 g/mol. The molecule has 1 aromatic heterocycles. The number of aromatic amines is 1. The number of hydrogen-bond donors (Lipinski definition) is 3. The van der Waals surface area contributed by atoms with E-state index < -0.39 is 0 Å². The Bertz CT molecular complexity index is 364. The predicted octanol–water partition coefficient (Wildman–Crippen LogP) is 0.0632. The van der Waals surface area contributed by atoms with Crippen molar-refractivity contribution in [2.75, 3.05) is 11.9 Å². The Morgan fingerprint density at radius 1 is 1.64 bits per heavy atom. The van der Waals surface area contributed by atoms with Crippen LogP contribution in [0.3, 0.4) is 0 Å². The molecule has 1 aromatic rings. The van der Waals surface area contributed by atoms with E-state index in [1.807, 2.05) is 0 Å². The van der Waals surface area contributed by atoms with Crippen LogP contribution in [0.4, 0.5) is 5.82 Å². The number of nitrogens with zero attached hydrogens (tertiary/aromatic N) is 1. The number of H-pyrrole nitrogens is 1. The van der Waals surface area contributed by atoms with Crippen molar-refractivity contribution in [3.8, 4) is 0 Å². The van der Waals surface area contributed by atoms with Crippen molar-refractivity contribution >= 4 is 5.82 Å². The molecule has 14 heavy (non-hydrogen) atoms. The van der Waals surface area contributed by atoms with E-state index in [1.54, 1.807) is 0 Å². The zero-order chi connectivity index (χ0) is 10.0. The Hall–Kier alpha value is -1.36. The van der Waals surface area contributed by atoms with Crippen molar-refractivity contribution in [3.63, 3.8) is 0 Å². The second-order valence-corrected chi connectivity index (χ2v) is 3.76. The first-order valence-corrected chi connectivity index (χ1v) is 4.77. The van der Waals surface area contributed by atoms with Crippen LogP contribution < -0.4 is 16.6 Å². The van der Waals surface area contributed by atoms with E-state index in [1.165, 1.54) is 18.8 Å². The molecule has 0 saturated heterocycles. The molecule has 0 atom stereocenters. The average Bonchev–Trinajstić information content (AvgIpc) is 2.11. The highest BCUT2D eigenvalue weighted by molar-refractivity contribution is 5.37. The number of nitrogens with two attached hydrogens (primary N) is 1. The first kappa shape index (κ1) is 9.21. The van der Waals surface area contributed by atoms with Gasteiger partial charge in [-0.1, -0.05) is 0 Å². The lowest BCUT2D eigenvalue weighted by Gasteiger charge is -2.41. The minimum absolute atomic E-state index is 0.0270. The topological polar surface area (TPSA) is 83.8 Å². The molecule has 5 nitrogen and oxygen atoms in total. The highest BCUT2D eigenvalue weighted by Gasteiger charge is 2.35. The number of aromatic nitrogens is 2. The fourth-order valence-corrected chi connectivity index (χ4v) is 1.69. The van der Waals surface area contributed by atoms with Crippen molar-refractivity contribution in [3.05, 3.63) is 22.7 Å². The Balaban J connectivity index is 2.13. The van der Waals surface area contributed by atoms with Crippen molar-refractivity contribution in [2.45, 2.75) is 24.8 Å². The smallest absolute Gasteiger partial charge is 0.252 e. The minimum atomic E-state index is -0.144. The van der Waals surface area contributed by atoms with Crippen LogP contribution in [-0.2, 0) is 0 Å². The summed E-state index contributed by atoms with van der Waals surface area (Å²) in [5, 5.41) is 3.23. The maximum Gasteiger partial charge on any atom is 0.252 e. The fourth-order valence-electron chi connectivity index (χ4n) is 1.69. The molecule has 0 amide bonds. The third-order valence-corrected chi connectivity index (χ3v) is 2.77. The molecule has 1 aliphatic rings. The van der Waals surface area contributed by atoms with Crippen LogP contribution in [0.25, 0.3) is 0 Å². The highest BCUT2D eigenvalue weighted by Crippen LogP contribution is 2.33. The molecule has 76 valence electrons. The summed E-state index contributed by atoms with van der Waals surface area (Å²) in [7, 11) is 0. The molecule has 0 radical (unpaired) electrons. The summed E-state index contributed by atoms with van der Waals surface area (Å²) in [5.74, 6) is 0.610. The lowest BCUT2D eigenvalue weighted by Crippen LogP contribution is -2.51. The summed E-state index contributed by atoms with van der Waals surface area (Å²) >= 11 is 0. The van der Waals surface area contributed by atoms with Gasteiger partial charge in [-0.05, 0) is 19.3 Å². The second kappa shape index (κ2) is 3.42. The number of rotatable bonds is 3. The first-order chi connectivity index (χ1) is 6.74. The van der Waals surface area contributed by atoms with Gasteiger partial charge in [-0.3, -0.25) is 4.79 Å². The van der Waals surface area contributed by atoms with E-state index in [9.17, 15) is 4.79 Å². The molecule has 0 aliphatic heterocycles. The molecule has 4 N–H and O–H groups in total. The van der Waals surface area contributed by atoms with Gasteiger partial charge in [0.25, 0.3) is 5.56 Å². The SMILES string of the molecule is NCC1(Nc2cc(=O)[nH]cn2)CCC1. The van der Waals surface area contributed by atoms with Gasteiger partial charge in [0.05, 0.1) is 11.9 Å². The molecule has 0 unspecified atom stereocenters. The van der Waals surface area contributed by atoms with Crippen LogP contribution in [0.1, 0.15) is 19.3 Å². The quantitative estimate of drug-likeness (QED) is 0.635. The van der Waals surface area contributed by atoms with E-state index in [2.05, 4.69) is 15.3 Å². The van der Waals surface area contributed by atoms with Crippen LogP contribution in [0.2, 0.25) is 0 Å². The monoisotopic (exact) mass is 194 g/mol. The lowest BCUT2D eigenvalue weighted by atomic mass is 9.77. The van der Waals surface area contributed by atoms with E-state index in [0.717, 1.165) is 12.8 Å². The first-order valence-electron chi connectivity index (χ1n) is 4.77. The molecule has 0 aromatic carbocycles. The van der Waals surface area contributed by atoms with Crippen LogP contribution in [0, 0.1) is 0 Å². The van der Waals surface area contributed by atoms with Crippen LogP contribution in [0.5, 0.6) is 0 Å². The summed E-state index contributed by atoms with van der Waals surface area (Å²) in [6.45, 7) is 0.585. The van der Waals surface area contributed by atoms with Gasteiger partial charge in [0, 0.05) is 12.6 Å². The average molecular weight is 194 g/mol. The molecule has 0 spiro atoms. The van der Waals surface area contributed by atoms with Gasteiger partial charge in [-0.25, -0.2) is 4.98 Å². The molecule has 1 saturated carbocycles. The van der Waals surface area contributed by atoms with Crippen LogP contribution in [-0.4, -0.2) is 22.1 Å². The van der Waals surface area contributed by atoms with Gasteiger partial charge in [0.1, 0.15) is 5.82 Å². The van der Waals surface area contributed by atoms with Crippen molar-refractivity contribution < 1.29 is 0 Å².